The van der Waals surface area contributed by atoms with Crippen LogP contribution in [0, 0.1) is 6.92 Å². The average molecular weight is 420 g/mol. The Hall–Kier alpha value is -2.68. The molecule has 2 bridgehead atoms. The van der Waals surface area contributed by atoms with Gasteiger partial charge in [0.25, 0.3) is 0 Å². The number of aromatic nitrogens is 3. The van der Waals surface area contributed by atoms with Gasteiger partial charge in [-0.1, -0.05) is 12.1 Å². The van der Waals surface area contributed by atoms with Gasteiger partial charge in [0.2, 0.25) is 0 Å². The minimum atomic E-state index is 0.774. The van der Waals surface area contributed by atoms with Gasteiger partial charge in [-0.2, -0.15) is 25.6 Å². The van der Waals surface area contributed by atoms with Gasteiger partial charge < -0.3 is 9.80 Å². The number of aromatic amines is 1. The van der Waals surface area contributed by atoms with Crippen LogP contribution in [0.2, 0.25) is 0 Å². The fourth-order valence-corrected chi connectivity index (χ4v) is 4.73. The van der Waals surface area contributed by atoms with Crippen LogP contribution < -0.4 is 5.32 Å². The van der Waals surface area contributed by atoms with Crippen molar-refractivity contribution in [2.45, 2.75) is 13.3 Å². The summed E-state index contributed by atoms with van der Waals surface area (Å²) < 4.78 is 1.33. The number of nitrogens with one attached hydrogen (secondary N) is 2. The first kappa shape index (κ1) is 20.2. The van der Waals surface area contributed by atoms with Crippen LogP contribution in [0.4, 0.5) is 11.4 Å². The minimum absolute atomic E-state index is 0.774. The van der Waals surface area contributed by atoms with Crippen molar-refractivity contribution in [1.29, 1.82) is 0 Å². The summed E-state index contributed by atoms with van der Waals surface area (Å²) in [6.07, 6.45) is 1.04. The smallest absolute Gasteiger partial charge is 0.115 e. The molecular formula is C23H31N8+. The second-order valence-corrected chi connectivity index (χ2v) is 8.90. The second-order valence-electron chi connectivity index (χ2n) is 8.90. The van der Waals surface area contributed by atoms with Crippen molar-refractivity contribution in [3.05, 3.63) is 47.5 Å². The van der Waals surface area contributed by atoms with Crippen LogP contribution in [0.25, 0.3) is 11.0 Å². The molecule has 0 spiro atoms. The lowest BCUT2D eigenvalue weighted by atomic mass is 10.1. The van der Waals surface area contributed by atoms with E-state index in [-0.39, 0.29) is 0 Å². The maximum absolute atomic E-state index is 4.44. The maximum atomic E-state index is 4.44. The Morgan fingerprint density at radius 1 is 0.968 bits per heavy atom. The lowest BCUT2D eigenvalue weighted by molar-refractivity contribution is -0.939. The molecule has 31 heavy (non-hydrogen) atoms. The monoisotopic (exact) mass is 419 g/mol. The number of rotatable bonds is 8. The first-order valence-corrected chi connectivity index (χ1v) is 11.3. The van der Waals surface area contributed by atoms with Crippen LogP contribution in [0.1, 0.15) is 11.1 Å². The Morgan fingerprint density at radius 2 is 1.77 bits per heavy atom. The van der Waals surface area contributed by atoms with Crippen molar-refractivity contribution >= 4 is 22.4 Å². The van der Waals surface area contributed by atoms with Crippen LogP contribution in [-0.4, -0.2) is 83.7 Å². The molecule has 0 unspecified atom stereocenters. The topological polar surface area (TPSA) is 81.6 Å². The molecule has 0 atom stereocenters. The van der Waals surface area contributed by atoms with E-state index in [1.54, 1.807) is 0 Å². The van der Waals surface area contributed by atoms with Crippen LogP contribution in [0.15, 0.2) is 46.6 Å². The molecule has 6 rings (SSSR count). The molecule has 3 saturated heterocycles. The Kier molecular flexibility index (Phi) is 5.76. The molecule has 4 heterocycles. The maximum Gasteiger partial charge on any atom is 0.115 e. The van der Waals surface area contributed by atoms with Crippen LogP contribution >= 0.6 is 0 Å². The number of H-pyrrole nitrogens is 1. The van der Waals surface area contributed by atoms with E-state index in [0.29, 0.717) is 0 Å². The predicted molar refractivity (Wildman–Crippen MR) is 122 cm³/mol. The SMILES string of the molecule is Cc1cc(CCNCC[N+]23CCN(CC2)CC3)ccc1N=Nc1ccc2n[nH]nc2c1. The van der Waals surface area contributed by atoms with Crippen LogP contribution in [0.5, 0.6) is 0 Å². The van der Waals surface area contributed by atoms with Gasteiger partial charge in [-0.3, -0.25) is 4.90 Å². The average Bonchev–Trinajstić information content (AvgIpc) is 3.27. The molecule has 3 fully saturated rings. The molecule has 3 aliphatic heterocycles. The zero-order chi connectivity index (χ0) is 21.1. The van der Waals surface area contributed by atoms with Gasteiger partial charge in [-0.05, 0) is 55.3 Å². The van der Waals surface area contributed by atoms with Gasteiger partial charge >= 0.3 is 0 Å². The largest absolute Gasteiger partial charge is 0.319 e. The third-order valence-corrected chi connectivity index (χ3v) is 6.86. The Labute approximate surface area is 182 Å². The lowest BCUT2D eigenvalue weighted by Crippen LogP contribution is -2.68. The fourth-order valence-electron chi connectivity index (χ4n) is 4.73. The first-order chi connectivity index (χ1) is 15.2. The molecule has 0 radical (unpaired) electrons. The zero-order valence-corrected chi connectivity index (χ0v) is 18.2. The highest BCUT2D eigenvalue weighted by atomic mass is 15.5. The van der Waals surface area contributed by atoms with Crippen molar-refractivity contribution < 1.29 is 4.48 Å². The summed E-state index contributed by atoms with van der Waals surface area (Å²) in [4.78, 5) is 2.61. The summed E-state index contributed by atoms with van der Waals surface area (Å²) in [7, 11) is 0. The van der Waals surface area contributed by atoms with Crippen molar-refractivity contribution in [1.82, 2.24) is 25.6 Å². The van der Waals surface area contributed by atoms with E-state index < -0.39 is 0 Å². The molecule has 0 saturated carbocycles. The quantitative estimate of drug-likeness (QED) is 0.334. The number of azo groups is 1. The second kappa shape index (κ2) is 8.82. The minimum Gasteiger partial charge on any atom is -0.319 e. The number of nitrogens with zero attached hydrogens (tertiary/aromatic N) is 6. The number of quaternary nitrogens is 1. The summed E-state index contributed by atoms with van der Waals surface area (Å²) in [5, 5.41) is 23.2. The van der Waals surface area contributed by atoms with Crippen LogP contribution in [0.3, 0.4) is 0 Å². The van der Waals surface area contributed by atoms with Gasteiger partial charge in [-0.25, -0.2) is 0 Å². The van der Waals surface area contributed by atoms with Gasteiger partial charge in [-0.15, -0.1) is 0 Å². The van der Waals surface area contributed by atoms with Gasteiger partial charge in [0.1, 0.15) is 11.0 Å². The Morgan fingerprint density at radius 3 is 2.58 bits per heavy atom. The number of hydrogen-bond acceptors (Lipinski definition) is 6. The third kappa shape index (κ3) is 4.66. The molecule has 3 aliphatic rings. The molecule has 1 aromatic heterocycles. The first-order valence-electron chi connectivity index (χ1n) is 11.3. The van der Waals surface area contributed by atoms with Crippen molar-refractivity contribution in [3.63, 3.8) is 0 Å². The molecule has 3 aromatic rings. The van der Waals surface area contributed by atoms with Gasteiger partial charge in [0.15, 0.2) is 0 Å². The number of benzene rings is 2. The number of piperazine rings is 3. The molecule has 0 aliphatic carbocycles. The standard InChI is InChI=1S/C23H31N8/c1-18-16-19(6-7-24-8-12-31-13-9-30(10-14-31)11-15-31)2-4-21(18)26-25-20-3-5-22-23(17-20)28-29-27-22/h2-5,16-17,24H,6-15H2,1H3,(H,27,28,29)/q+1. The summed E-state index contributed by atoms with van der Waals surface area (Å²) in [5.74, 6) is 0. The Balaban J connectivity index is 1.11. The summed E-state index contributed by atoms with van der Waals surface area (Å²) in [5.41, 5.74) is 5.78. The molecule has 8 nitrogen and oxygen atoms in total. The van der Waals surface area contributed by atoms with Crippen molar-refractivity contribution in [2.24, 2.45) is 10.2 Å². The summed E-state index contributed by atoms with van der Waals surface area (Å²) in [6.45, 7) is 13.4. The molecule has 8 heteroatoms. The molecule has 162 valence electrons. The predicted octanol–water partition coefficient (Wildman–Crippen LogP) is 2.96. The van der Waals surface area contributed by atoms with Crippen LogP contribution in [-0.2, 0) is 6.42 Å². The highest BCUT2D eigenvalue weighted by molar-refractivity contribution is 5.76. The molecule has 0 amide bonds. The van der Waals surface area contributed by atoms with E-state index in [4.69, 9.17) is 0 Å². The summed E-state index contributed by atoms with van der Waals surface area (Å²) in [6, 6.07) is 12.1. The molecule has 2 N–H and O–H groups in total. The number of aryl methyl sites for hydroxylation is 1. The van der Waals surface area contributed by atoms with E-state index in [1.165, 1.54) is 55.9 Å². The zero-order valence-electron chi connectivity index (χ0n) is 18.2. The Bertz CT molecular complexity index is 1050. The van der Waals surface area contributed by atoms with Crippen molar-refractivity contribution in [3.8, 4) is 0 Å². The number of hydrogen-bond donors (Lipinski definition) is 2. The third-order valence-electron chi connectivity index (χ3n) is 6.86. The van der Waals surface area contributed by atoms with E-state index in [0.717, 1.165) is 47.5 Å². The van der Waals surface area contributed by atoms with E-state index >= 15 is 0 Å². The van der Waals surface area contributed by atoms with Gasteiger partial charge in [0.05, 0.1) is 37.6 Å². The van der Waals surface area contributed by atoms with E-state index in [9.17, 15) is 0 Å². The van der Waals surface area contributed by atoms with Crippen molar-refractivity contribution in [2.75, 3.05) is 58.9 Å². The molecular weight excluding hydrogens is 388 g/mol. The number of fused-ring (bicyclic) bond motifs is 4. The lowest BCUT2D eigenvalue weighted by Gasteiger charge is -2.50. The highest BCUT2D eigenvalue weighted by Gasteiger charge is 2.37. The highest BCUT2D eigenvalue weighted by Crippen LogP contribution is 2.24. The van der Waals surface area contributed by atoms with E-state index in [2.05, 4.69) is 61.0 Å². The summed E-state index contributed by atoms with van der Waals surface area (Å²) >= 11 is 0. The molecule has 2 aromatic carbocycles. The van der Waals surface area contributed by atoms with E-state index in [1.807, 2.05) is 18.2 Å². The van der Waals surface area contributed by atoms with Gasteiger partial charge in [0, 0.05) is 26.2 Å². The fraction of sp³-hybridized carbons (Fsp3) is 0.478. The normalized spacial score (nSPS) is 23.2.